The van der Waals surface area contributed by atoms with Crippen molar-refractivity contribution in [2.75, 3.05) is 19.6 Å². The van der Waals surface area contributed by atoms with Crippen LogP contribution in [0.4, 0.5) is 17.6 Å². The molecule has 2 rings (SSSR count). The number of nitrogens with zero attached hydrogens (tertiary/aromatic N) is 1. The molecule has 9 nitrogen and oxygen atoms in total. The molecule has 0 bridgehead atoms. The lowest BCUT2D eigenvalue weighted by molar-refractivity contribution is -0.165. The lowest BCUT2D eigenvalue weighted by atomic mass is 9.99. The highest BCUT2D eigenvalue weighted by molar-refractivity contribution is 5.83. The van der Waals surface area contributed by atoms with E-state index in [1.165, 1.54) is 6.07 Å². The van der Waals surface area contributed by atoms with Gasteiger partial charge in [0.2, 0.25) is 0 Å². The smallest absolute Gasteiger partial charge is 0.416 e. The van der Waals surface area contributed by atoms with Gasteiger partial charge < -0.3 is 30.8 Å². The number of aliphatic carboxylic acids is 2. The first kappa shape index (κ1) is 29.7. The molecule has 6 N–H and O–H groups in total. The molecule has 0 unspecified atom stereocenters. The molecule has 1 fully saturated rings. The largest absolute Gasteiger partial charge is 0.479 e. The number of aliphatic hydroxyl groups is 3. The minimum atomic E-state index is -4.61. The summed E-state index contributed by atoms with van der Waals surface area (Å²) in [6.45, 7) is 5.15. The number of nitrogens with one attached hydrogen (secondary N) is 1. The van der Waals surface area contributed by atoms with Crippen LogP contribution in [-0.4, -0.2) is 85.9 Å². The molecule has 1 saturated heterocycles. The van der Waals surface area contributed by atoms with Gasteiger partial charge >= 0.3 is 18.1 Å². The molecule has 0 aliphatic carbocycles. The van der Waals surface area contributed by atoms with Crippen LogP contribution in [-0.2, 0) is 22.3 Å². The van der Waals surface area contributed by atoms with E-state index in [9.17, 15) is 32.3 Å². The summed E-state index contributed by atoms with van der Waals surface area (Å²) >= 11 is 0. The van der Waals surface area contributed by atoms with Crippen LogP contribution in [0.25, 0.3) is 0 Å². The molecule has 0 saturated carbocycles. The molecule has 1 heterocycles. The standard InChI is InChI=1S/C17H24F4N2O.C4H6O6/c1-16(2,24)11-23(14-5-7-22-8-6-14)10-12-3-4-13(18)9-15(12)17(19,20)21;5-1(3(7)8)2(6)4(9)10/h3-4,9,14,22,24H,5-8,10-11H2,1-2H3;1-2,5-6H,(H,7,8)(H,9,10)/t;1-,2-/m.1/s1. The summed E-state index contributed by atoms with van der Waals surface area (Å²) < 4.78 is 52.9. The average Bonchev–Trinajstić information content (AvgIpc) is 2.72. The van der Waals surface area contributed by atoms with Gasteiger partial charge in [0.15, 0.2) is 12.2 Å². The number of piperidine rings is 1. The van der Waals surface area contributed by atoms with Crippen LogP contribution < -0.4 is 5.32 Å². The monoisotopic (exact) mass is 498 g/mol. The maximum Gasteiger partial charge on any atom is 0.416 e. The molecule has 0 amide bonds. The quantitative estimate of drug-likeness (QED) is 0.289. The molecule has 13 heteroatoms. The third kappa shape index (κ3) is 9.89. The third-order valence-electron chi connectivity index (χ3n) is 4.97. The van der Waals surface area contributed by atoms with E-state index in [4.69, 9.17) is 20.4 Å². The summed E-state index contributed by atoms with van der Waals surface area (Å²) in [5, 5.41) is 45.9. The molecule has 194 valence electrons. The first-order chi connectivity index (χ1) is 15.5. The van der Waals surface area contributed by atoms with Crippen LogP contribution in [0, 0.1) is 5.82 Å². The Morgan fingerprint density at radius 2 is 1.59 bits per heavy atom. The lowest BCUT2D eigenvalue weighted by Gasteiger charge is -2.38. The van der Waals surface area contributed by atoms with Gasteiger partial charge in [-0.2, -0.15) is 13.2 Å². The molecule has 0 aromatic heterocycles. The predicted octanol–water partition coefficient (Wildman–Crippen LogP) is 1.05. The van der Waals surface area contributed by atoms with Crippen molar-refractivity contribution < 1.29 is 52.7 Å². The number of carboxylic acids is 2. The molecule has 0 radical (unpaired) electrons. The van der Waals surface area contributed by atoms with Gasteiger partial charge in [0.05, 0.1) is 11.2 Å². The summed E-state index contributed by atoms with van der Waals surface area (Å²) in [6.07, 6.45) is -7.53. The van der Waals surface area contributed by atoms with Gasteiger partial charge in [-0.3, -0.25) is 4.90 Å². The molecular weight excluding hydrogens is 468 g/mol. The number of aliphatic hydroxyl groups excluding tert-OH is 2. The van der Waals surface area contributed by atoms with Crippen molar-refractivity contribution in [3.63, 3.8) is 0 Å². The van der Waals surface area contributed by atoms with Gasteiger partial charge in [0, 0.05) is 19.1 Å². The van der Waals surface area contributed by atoms with Crippen molar-refractivity contribution in [2.45, 2.75) is 63.3 Å². The minimum absolute atomic E-state index is 0.0315. The zero-order chi connectivity index (χ0) is 26.3. The van der Waals surface area contributed by atoms with E-state index >= 15 is 0 Å². The highest BCUT2D eigenvalue weighted by Gasteiger charge is 2.35. The number of hydrogen-bond donors (Lipinski definition) is 6. The lowest BCUT2D eigenvalue weighted by Crippen LogP contribution is -2.48. The second-order valence-electron chi connectivity index (χ2n) is 8.56. The number of halogens is 4. The summed E-state index contributed by atoms with van der Waals surface area (Å²) in [6, 6.07) is 2.87. The van der Waals surface area contributed by atoms with Crippen molar-refractivity contribution in [2.24, 2.45) is 0 Å². The Bertz CT molecular complexity index is 806. The van der Waals surface area contributed by atoms with Crippen LogP contribution in [0.3, 0.4) is 0 Å². The van der Waals surface area contributed by atoms with Crippen molar-refractivity contribution in [3.8, 4) is 0 Å². The predicted molar refractivity (Wildman–Crippen MR) is 111 cm³/mol. The first-order valence-corrected chi connectivity index (χ1v) is 10.4. The maximum absolute atomic E-state index is 13.3. The minimum Gasteiger partial charge on any atom is -0.479 e. The Kier molecular flexibility index (Phi) is 10.8. The van der Waals surface area contributed by atoms with E-state index in [1.54, 1.807) is 13.8 Å². The maximum atomic E-state index is 13.3. The van der Waals surface area contributed by atoms with E-state index in [0.717, 1.165) is 32.0 Å². The summed E-state index contributed by atoms with van der Waals surface area (Å²) in [4.78, 5) is 21.4. The normalized spacial score (nSPS) is 17.0. The molecule has 1 aliphatic heterocycles. The summed E-state index contributed by atoms with van der Waals surface area (Å²) in [5.41, 5.74) is -1.94. The van der Waals surface area contributed by atoms with Crippen LogP contribution in [0.5, 0.6) is 0 Å². The molecule has 34 heavy (non-hydrogen) atoms. The Morgan fingerprint density at radius 3 is 2.00 bits per heavy atom. The third-order valence-corrected chi connectivity index (χ3v) is 4.97. The molecule has 2 atom stereocenters. The van der Waals surface area contributed by atoms with E-state index in [-0.39, 0.29) is 24.7 Å². The van der Waals surface area contributed by atoms with Gasteiger partial charge in [-0.05, 0) is 57.5 Å². The highest BCUT2D eigenvalue weighted by Crippen LogP contribution is 2.34. The molecule has 0 spiro atoms. The fraction of sp³-hybridized carbons (Fsp3) is 0.619. The van der Waals surface area contributed by atoms with Crippen molar-refractivity contribution in [3.05, 3.63) is 35.1 Å². The Morgan fingerprint density at radius 1 is 1.09 bits per heavy atom. The van der Waals surface area contributed by atoms with Crippen LogP contribution in [0.1, 0.15) is 37.8 Å². The van der Waals surface area contributed by atoms with Crippen LogP contribution in [0.15, 0.2) is 18.2 Å². The van der Waals surface area contributed by atoms with Crippen LogP contribution in [0.2, 0.25) is 0 Å². The van der Waals surface area contributed by atoms with Crippen molar-refractivity contribution >= 4 is 11.9 Å². The van der Waals surface area contributed by atoms with Crippen molar-refractivity contribution in [1.29, 1.82) is 0 Å². The number of carboxylic acid groups (broad SMARTS) is 2. The van der Waals surface area contributed by atoms with E-state index in [1.807, 2.05) is 4.90 Å². The molecular formula is C21H30F4N2O7. The zero-order valence-electron chi connectivity index (χ0n) is 18.7. The second kappa shape index (κ2) is 12.4. The summed E-state index contributed by atoms with van der Waals surface area (Å²) in [7, 11) is 0. The Hall–Kier alpha value is -2.32. The van der Waals surface area contributed by atoms with Gasteiger partial charge in [-0.25, -0.2) is 14.0 Å². The van der Waals surface area contributed by atoms with Gasteiger partial charge in [-0.15, -0.1) is 0 Å². The molecule has 1 aromatic carbocycles. The fourth-order valence-corrected chi connectivity index (χ4v) is 3.42. The topological polar surface area (TPSA) is 151 Å². The van der Waals surface area contributed by atoms with E-state index in [2.05, 4.69) is 5.32 Å². The zero-order valence-corrected chi connectivity index (χ0v) is 18.7. The number of alkyl halides is 3. The van der Waals surface area contributed by atoms with Gasteiger partial charge in [0.25, 0.3) is 0 Å². The average molecular weight is 498 g/mol. The van der Waals surface area contributed by atoms with Crippen molar-refractivity contribution in [1.82, 2.24) is 10.2 Å². The second-order valence-corrected chi connectivity index (χ2v) is 8.56. The molecule has 1 aromatic rings. The van der Waals surface area contributed by atoms with E-state index < -0.39 is 47.3 Å². The Labute approximate surface area is 193 Å². The fourth-order valence-electron chi connectivity index (χ4n) is 3.42. The number of carbonyl (C=O) groups is 2. The first-order valence-electron chi connectivity index (χ1n) is 10.4. The number of rotatable bonds is 8. The molecule has 1 aliphatic rings. The van der Waals surface area contributed by atoms with Gasteiger partial charge in [-0.1, -0.05) is 6.07 Å². The SMILES string of the molecule is CC(C)(O)CN(Cc1ccc(F)cc1C(F)(F)F)C1CCNCC1.O=C(O)[C@H](O)[C@@H](O)C(=O)O. The van der Waals surface area contributed by atoms with Crippen LogP contribution >= 0.6 is 0 Å². The van der Waals surface area contributed by atoms with Gasteiger partial charge in [0.1, 0.15) is 5.82 Å². The highest BCUT2D eigenvalue weighted by atomic mass is 19.4. The van der Waals surface area contributed by atoms with E-state index in [0.29, 0.717) is 6.07 Å². The summed E-state index contributed by atoms with van der Waals surface area (Å²) in [5.74, 6) is -4.44. The number of benzene rings is 1. The number of hydrogen-bond acceptors (Lipinski definition) is 7. The Balaban J connectivity index is 0.000000489.